The normalized spacial score (nSPS) is 17.1. The van der Waals surface area contributed by atoms with Gasteiger partial charge in [-0.1, -0.05) is 0 Å². The van der Waals surface area contributed by atoms with Crippen molar-refractivity contribution >= 4 is 5.91 Å². The second-order valence-corrected chi connectivity index (χ2v) is 4.69. The van der Waals surface area contributed by atoms with Crippen LogP contribution < -0.4 is 5.32 Å². The Hall–Kier alpha value is -1.29. The van der Waals surface area contributed by atoms with Crippen molar-refractivity contribution in [3.63, 3.8) is 0 Å². The fraction of sp³-hybridized carbons (Fsp3) is 0.583. The van der Waals surface area contributed by atoms with E-state index in [4.69, 9.17) is 0 Å². The van der Waals surface area contributed by atoms with E-state index in [1.807, 2.05) is 37.5 Å². The maximum atomic E-state index is 12.2. The lowest BCUT2D eigenvalue weighted by Gasteiger charge is -2.23. The number of nitrogens with zero attached hydrogens (tertiary/aromatic N) is 1. The minimum absolute atomic E-state index is 0.111. The Kier molecular flexibility index (Phi) is 3.01. The highest BCUT2D eigenvalue weighted by molar-refractivity contribution is 5.85. The number of hydrogen-bond donors (Lipinski definition) is 2. The van der Waals surface area contributed by atoms with Crippen LogP contribution in [-0.4, -0.2) is 36.4 Å². The predicted molar refractivity (Wildman–Crippen MR) is 62.9 cm³/mol. The summed E-state index contributed by atoms with van der Waals surface area (Å²) in [5.41, 5.74) is 1.04. The van der Waals surface area contributed by atoms with Gasteiger partial charge in [-0.05, 0) is 31.5 Å². The Labute approximate surface area is 96.0 Å². The number of carbonyl (C=O) groups is 1. The lowest BCUT2D eigenvalue weighted by Crippen LogP contribution is -2.38. The van der Waals surface area contributed by atoms with Crippen molar-refractivity contribution in [3.05, 3.63) is 24.0 Å². The summed E-state index contributed by atoms with van der Waals surface area (Å²) in [6, 6.07) is 2.00. The highest BCUT2D eigenvalue weighted by Crippen LogP contribution is 2.46. The number of carbonyl (C=O) groups excluding carboxylic acids is 1. The Morgan fingerprint density at radius 1 is 1.62 bits per heavy atom. The molecule has 1 aliphatic rings. The van der Waals surface area contributed by atoms with Gasteiger partial charge in [0.2, 0.25) is 5.91 Å². The molecule has 1 aromatic heterocycles. The molecule has 1 saturated carbocycles. The van der Waals surface area contributed by atoms with E-state index in [1.165, 1.54) is 0 Å². The zero-order valence-electron chi connectivity index (χ0n) is 9.92. The Morgan fingerprint density at radius 2 is 2.38 bits per heavy atom. The van der Waals surface area contributed by atoms with E-state index >= 15 is 0 Å². The van der Waals surface area contributed by atoms with E-state index in [0.29, 0.717) is 6.54 Å². The molecule has 16 heavy (non-hydrogen) atoms. The van der Waals surface area contributed by atoms with Crippen LogP contribution in [0.1, 0.15) is 18.4 Å². The topological polar surface area (TPSA) is 48.1 Å². The number of aromatic nitrogens is 1. The summed E-state index contributed by atoms with van der Waals surface area (Å²) in [6.07, 6.45) is 5.85. The van der Waals surface area contributed by atoms with Gasteiger partial charge in [0.1, 0.15) is 0 Å². The molecule has 1 fully saturated rings. The first-order valence-corrected chi connectivity index (χ1v) is 5.70. The van der Waals surface area contributed by atoms with Crippen LogP contribution in [0.3, 0.4) is 0 Å². The Bertz CT molecular complexity index is 354. The van der Waals surface area contributed by atoms with Gasteiger partial charge < -0.3 is 15.2 Å². The molecule has 0 aromatic carbocycles. The minimum atomic E-state index is -0.111. The average Bonchev–Trinajstić information content (AvgIpc) is 2.86. The van der Waals surface area contributed by atoms with Gasteiger partial charge in [-0.3, -0.25) is 4.79 Å². The largest absolute Gasteiger partial charge is 0.367 e. The smallest absolute Gasteiger partial charge is 0.230 e. The molecule has 1 aliphatic carbocycles. The third-order valence-corrected chi connectivity index (χ3v) is 3.25. The number of aromatic amines is 1. The Morgan fingerprint density at radius 3 is 2.88 bits per heavy atom. The summed E-state index contributed by atoms with van der Waals surface area (Å²) in [6.45, 7) is 1.48. The van der Waals surface area contributed by atoms with Crippen LogP contribution in [0.25, 0.3) is 0 Å². The van der Waals surface area contributed by atoms with Crippen molar-refractivity contribution in [1.29, 1.82) is 0 Å². The van der Waals surface area contributed by atoms with Crippen LogP contribution in [0.15, 0.2) is 18.5 Å². The molecule has 1 amide bonds. The molecule has 0 spiro atoms. The molecular formula is C12H19N3O. The van der Waals surface area contributed by atoms with Gasteiger partial charge in [0.25, 0.3) is 0 Å². The van der Waals surface area contributed by atoms with Crippen molar-refractivity contribution in [1.82, 2.24) is 15.2 Å². The number of amides is 1. The fourth-order valence-corrected chi connectivity index (χ4v) is 2.16. The van der Waals surface area contributed by atoms with Crippen LogP contribution in [-0.2, 0) is 11.3 Å². The third kappa shape index (κ3) is 2.11. The number of hydrogen-bond acceptors (Lipinski definition) is 2. The zero-order chi connectivity index (χ0) is 11.6. The molecule has 1 aromatic rings. The fourth-order valence-electron chi connectivity index (χ4n) is 2.16. The molecule has 2 N–H and O–H groups in total. The second kappa shape index (κ2) is 4.29. The summed E-state index contributed by atoms with van der Waals surface area (Å²) < 4.78 is 0. The summed E-state index contributed by atoms with van der Waals surface area (Å²) in [7, 11) is 3.78. The molecule has 4 nitrogen and oxygen atoms in total. The van der Waals surface area contributed by atoms with Crippen molar-refractivity contribution in [2.24, 2.45) is 5.41 Å². The number of rotatable bonds is 5. The highest BCUT2D eigenvalue weighted by atomic mass is 16.2. The average molecular weight is 221 g/mol. The van der Waals surface area contributed by atoms with E-state index in [1.54, 1.807) is 0 Å². The molecule has 0 aliphatic heterocycles. The van der Waals surface area contributed by atoms with Gasteiger partial charge in [0.05, 0.1) is 5.41 Å². The van der Waals surface area contributed by atoms with Crippen LogP contribution >= 0.6 is 0 Å². The molecule has 4 heteroatoms. The standard InChI is InChI=1S/C12H19N3O/c1-13-9-12(4-5-12)11(16)15(2)8-10-3-6-14-7-10/h3,6-7,13-14H,4-5,8-9H2,1-2H3. The number of H-pyrrole nitrogens is 1. The molecule has 0 unspecified atom stereocenters. The van der Waals surface area contributed by atoms with E-state index in [9.17, 15) is 4.79 Å². The van der Waals surface area contributed by atoms with Crippen LogP contribution in [0.5, 0.6) is 0 Å². The highest BCUT2D eigenvalue weighted by Gasteiger charge is 2.50. The van der Waals surface area contributed by atoms with E-state index in [2.05, 4.69) is 10.3 Å². The molecule has 0 saturated heterocycles. The predicted octanol–water partition coefficient (Wildman–Crippen LogP) is 0.973. The van der Waals surface area contributed by atoms with Gasteiger partial charge in [0, 0.05) is 32.5 Å². The minimum Gasteiger partial charge on any atom is -0.367 e. The molecule has 2 rings (SSSR count). The van der Waals surface area contributed by atoms with E-state index in [-0.39, 0.29) is 11.3 Å². The van der Waals surface area contributed by atoms with E-state index in [0.717, 1.165) is 24.9 Å². The lowest BCUT2D eigenvalue weighted by molar-refractivity contribution is -0.136. The van der Waals surface area contributed by atoms with Gasteiger partial charge in [0.15, 0.2) is 0 Å². The Balaban J connectivity index is 1.94. The van der Waals surface area contributed by atoms with Crippen LogP contribution in [0.2, 0.25) is 0 Å². The molecule has 0 atom stereocenters. The SMILES string of the molecule is CNCC1(C(=O)N(C)Cc2cc[nH]c2)CC1. The molecule has 0 bridgehead atoms. The third-order valence-electron chi connectivity index (χ3n) is 3.25. The van der Waals surface area contributed by atoms with Crippen LogP contribution in [0.4, 0.5) is 0 Å². The van der Waals surface area contributed by atoms with Gasteiger partial charge in [-0.25, -0.2) is 0 Å². The molecular weight excluding hydrogens is 202 g/mol. The maximum absolute atomic E-state index is 12.2. The van der Waals surface area contributed by atoms with Crippen molar-refractivity contribution < 1.29 is 4.79 Å². The first kappa shape index (κ1) is 11.2. The monoisotopic (exact) mass is 221 g/mol. The van der Waals surface area contributed by atoms with Crippen LogP contribution in [0, 0.1) is 5.41 Å². The van der Waals surface area contributed by atoms with Crippen molar-refractivity contribution in [2.45, 2.75) is 19.4 Å². The van der Waals surface area contributed by atoms with Gasteiger partial charge in [-0.15, -0.1) is 0 Å². The molecule has 88 valence electrons. The molecule has 1 heterocycles. The lowest BCUT2D eigenvalue weighted by atomic mass is 10.1. The van der Waals surface area contributed by atoms with E-state index < -0.39 is 0 Å². The summed E-state index contributed by atoms with van der Waals surface area (Å²) in [5, 5.41) is 3.11. The molecule has 0 radical (unpaired) electrons. The second-order valence-electron chi connectivity index (χ2n) is 4.69. The zero-order valence-corrected chi connectivity index (χ0v) is 9.92. The first-order valence-electron chi connectivity index (χ1n) is 5.70. The van der Waals surface area contributed by atoms with Crippen molar-refractivity contribution in [3.8, 4) is 0 Å². The maximum Gasteiger partial charge on any atom is 0.230 e. The summed E-state index contributed by atoms with van der Waals surface area (Å²) in [5.74, 6) is 0.267. The van der Waals surface area contributed by atoms with Gasteiger partial charge >= 0.3 is 0 Å². The number of nitrogens with one attached hydrogen (secondary N) is 2. The first-order chi connectivity index (χ1) is 7.68. The van der Waals surface area contributed by atoms with Gasteiger partial charge in [-0.2, -0.15) is 0 Å². The van der Waals surface area contributed by atoms with Crippen molar-refractivity contribution in [2.75, 3.05) is 20.6 Å². The summed E-state index contributed by atoms with van der Waals surface area (Å²) in [4.78, 5) is 17.0. The summed E-state index contributed by atoms with van der Waals surface area (Å²) >= 11 is 0. The quantitative estimate of drug-likeness (QED) is 0.778.